The van der Waals surface area contributed by atoms with Crippen molar-refractivity contribution in [3.8, 4) is 0 Å². The number of benzene rings is 1. The van der Waals surface area contributed by atoms with E-state index in [2.05, 4.69) is 10.6 Å². The monoisotopic (exact) mass is 358 g/mol. The number of rotatable bonds is 2. The van der Waals surface area contributed by atoms with Gasteiger partial charge in [-0.2, -0.15) is 0 Å². The van der Waals surface area contributed by atoms with Crippen LogP contribution in [0.3, 0.4) is 0 Å². The Kier molecular flexibility index (Phi) is 4.40. The molecule has 8 nitrogen and oxygen atoms in total. The molecule has 1 aromatic rings. The molecule has 0 spiro atoms. The molecule has 0 bridgehead atoms. The Balaban J connectivity index is 1.49. The summed E-state index contributed by atoms with van der Waals surface area (Å²) in [6.07, 6.45) is 3.56. The Hall–Kier alpha value is -2.77. The molecule has 2 heterocycles. The van der Waals surface area contributed by atoms with Crippen molar-refractivity contribution in [3.63, 3.8) is 0 Å². The van der Waals surface area contributed by atoms with Gasteiger partial charge in [0.25, 0.3) is 0 Å². The SMILES string of the molecule is O=C1CN(C(=O)Nc2cccc(N3CCOC3=O)c2)[C@H]2CCCC[C@@H]2N1. The number of hydrogen-bond donors (Lipinski definition) is 2. The first-order valence-electron chi connectivity index (χ1n) is 9.03. The van der Waals surface area contributed by atoms with Gasteiger partial charge in [-0.1, -0.05) is 18.9 Å². The molecule has 2 atom stereocenters. The Morgan fingerprint density at radius 2 is 2.08 bits per heavy atom. The molecule has 1 aromatic carbocycles. The van der Waals surface area contributed by atoms with Crippen molar-refractivity contribution in [2.24, 2.45) is 0 Å². The van der Waals surface area contributed by atoms with E-state index < -0.39 is 0 Å². The van der Waals surface area contributed by atoms with E-state index in [1.807, 2.05) is 0 Å². The molecule has 4 rings (SSSR count). The second kappa shape index (κ2) is 6.86. The highest BCUT2D eigenvalue weighted by Gasteiger charge is 2.38. The highest BCUT2D eigenvalue weighted by Crippen LogP contribution is 2.27. The van der Waals surface area contributed by atoms with Crippen LogP contribution in [0.5, 0.6) is 0 Å². The Bertz CT molecular complexity index is 738. The molecule has 8 heteroatoms. The molecule has 1 aliphatic carbocycles. The average Bonchev–Trinajstić information content (AvgIpc) is 3.07. The number of fused-ring (bicyclic) bond motifs is 1. The zero-order chi connectivity index (χ0) is 18.1. The minimum Gasteiger partial charge on any atom is -0.447 e. The van der Waals surface area contributed by atoms with Gasteiger partial charge in [0, 0.05) is 17.4 Å². The predicted octanol–water partition coefficient (Wildman–Crippen LogP) is 1.92. The van der Waals surface area contributed by atoms with E-state index in [1.165, 1.54) is 4.90 Å². The minimum atomic E-state index is -0.383. The quantitative estimate of drug-likeness (QED) is 0.845. The first-order valence-corrected chi connectivity index (χ1v) is 9.03. The minimum absolute atomic E-state index is 0.0400. The molecule has 0 unspecified atom stereocenters. The van der Waals surface area contributed by atoms with Gasteiger partial charge in [-0.15, -0.1) is 0 Å². The molecule has 3 aliphatic rings. The molecular formula is C18H22N4O4. The molecular weight excluding hydrogens is 336 g/mol. The van der Waals surface area contributed by atoms with Gasteiger partial charge < -0.3 is 20.3 Å². The highest BCUT2D eigenvalue weighted by atomic mass is 16.6. The van der Waals surface area contributed by atoms with Gasteiger partial charge in [-0.25, -0.2) is 9.59 Å². The van der Waals surface area contributed by atoms with Crippen LogP contribution in [-0.2, 0) is 9.53 Å². The first-order chi connectivity index (χ1) is 12.6. The first kappa shape index (κ1) is 16.7. The summed E-state index contributed by atoms with van der Waals surface area (Å²) >= 11 is 0. The predicted molar refractivity (Wildman–Crippen MR) is 95.0 cm³/mol. The smallest absolute Gasteiger partial charge is 0.414 e. The van der Waals surface area contributed by atoms with Crippen LogP contribution in [0.2, 0.25) is 0 Å². The number of ether oxygens (including phenoxy) is 1. The lowest BCUT2D eigenvalue weighted by atomic mass is 9.87. The van der Waals surface area contributed by atoms with Gasteiger partial charge in [0.2, 0.25) is 5.91 Å². The van der Waals surface area contributed by atoms with E-state index in [4.69, 9.17) is 4.74 Å². The van der Waals surface area contributed by atoms with Gasteiger partial charge >= 0.3 is 12.1 Å². The van der Waals surface area contributed by atoms with Crippen LogP contribution in [0.1, 0.15) is 25.7 Å². The zero-order valence-corrected chi connectivity index (χ0v) is 14.4. The summed E-state index contributed by atoms with van der Waals surface area (Å²) < 4.78 is 4.95. The maximum absolute atomic E-state index is 12.8. The molecule has 138 valence electrons. The summed E-state index contributed by atoms with van der Waals surface area (Å²) in [5.41, 5.74) is 1.27. The summed E-state index contributed by atoms with van der Waals surface area (Å²) in [5.74, 6) is -0.114. The van der Waals surface area contributed by atoms with E-state index in [0.717, 1.165) is 25.7 Å². The lowest BCUT2D eigenvalue weighted by Crippen LogP contribution is -2.63. The summed E-state index contributed by atoms with van der Waals surface area (Å²) in [5, 5.41) is 5.87. The fourth-order valence-electron chi connectivity index (χ4n) is 3.97. The van der Waals surface area contributed by atoms with E-state index in [-0.39, 0.29) is 36.7 Å². The van der Waals surface area contributed by atoms with Crippen molar-refractivity contribution < 1.29 is 19.1 Å². The van der Waals surface area contributed by atoms with Crippen molar-refractivity contribution in [1.82, 2.24) is 10.2 Å². The number of nitrogens with zero attached hydrogens (tertiary/aromatic N) is 2. The third-order valence-corrected chi connectivity index (χ3v) is 5.22. The van der Waals surface area contributed by atoms with Crippen LogP contribution in [0.25, 0.3) is 0 Å². The van der Waals surface area contributed by atoms with E-state index in [0.29, 0.717) is 24.5 Å². The van der Waals surface area contributed by atoms with Crippen LogP contribution >= 0.6 is 0 Å². The molecule has 0 aromatic heterocycles. The Morgan fingerprint density at radius 3 is 2.88 bits per heavy atom. The Labute approximate surface area is 151 Å². The van der Waals surface area contributed by atoms with Crippen molar-refractivity contribution in [1.29, 1.82) is 0 Å². The lowest BCUT2D eigenvalue weighted by molar-refractivity contribution is -0.126. The van der Waals surface area contributed by atoms with Crippen LogP contribution in [0.4, 0.5) is 21.0 Å². The number of carbonyl (C=O) groups is 3. The number of anilines is 2. The van der Waals surface area contributed by atoms with Gasteiger partial charge in [-0.05, 0) is 31.0 Å². The van der Waals surface area contributed by atoms with Gasteiger partial charge in [0.15, 0.2) is 0 Å². The number of urea groups is 1. The number of hydrogen-bond acceptors (Lipinski definition) is 4. The lowest BCUT2D eigenvalue weighted by Gasteiger charge is -2.43. The molecule has 4 amide bonds. The maximum Gasteiger partial charge on any atom is 0.414 e. The summed E-state index contributed by atoms with van der Waals surface area (Å²) in [4.78, 5) is 39.6. The van der Waals surface area contributed by atoms with E-state index in [1.54, 1.807) is 29.2 Å². The van der Waals surface area contributed by atoms with E-state index >= 15 is 0 Å². The van der Waals surface area contributed by atoms with Crippen molar-refractivity contribution in [2.45, 2.75) is 37.8 Å². The van der Waals surface area contributed by atoms with Crippen molar-refractivity contribution in [2.75, 3.05) is 29.9 Å². The van der Waals surface area contributed by atoms with Crippen molar-refractivity contribution >= 4 is 29.4 Å². The van der Waals surface area contributed by atoms with Crippen LogP contribution in [0.15, 0.2) is 24.3 Å². The van der Waals surface area contributed by atoms with Gasteiger partial charge in [-0.3, -0.25) is 9.69 Å². The van der Waals surface area contributed by atoms with Gasteiger partial charge in [0.05, 0.1) is 12.6 Å². The molecule has 3 fully saturated rings. The second-order valence-electron chi connectivity index (χ2n) is 6.90. The largest absolute Gasteiger partial charge is 0.447 e. The molecule has 0 radical (unpaired) electrons. The second-order valence-corrected chi connectivity index (χ2v) is 6.90. The number of carbonyl (C=O) groups excluding carboxylic acids is 3. The average molecular weight is 358 g/mol. The number of piperazine rings is 1. The molecule has 2 saturated heterocycles. The standard InChI is InChI=1S/C18H22N4O4/c23-16-11-22(15-7-2-1-6-14(15)20-16)17(24)19-12-4-3-5-13(10-12)21-8-9-26-18(21)25/h3-5,10,14-15H,1-2,6-9,11H2,(H,19,24)(H,20,23)/t14-,15-/m0/s1. The molecule has 2 aliphatic heterocycles. The third kappa shape index (κ3) is 3.18. The van der Waals surface area contributed by atoms with Crippen LogP contribution < -0.4 is 15.5 Å². The fraction of sp³-hybridized carbons (Fsp3) is 0.500. The van der Waals surface area contributed by atoms with Crippen molar-refractivity contribution in [3.05, 3.63) is 24.3 Å². The Morgan fingerprint density at radius 1 is 1.23 bits per heavy atom. The van der Waals surface area contributed by atoms with Gasteiger partial charge in [0.1, 0.15) is 13.2 Å². The summed E-state index contributed by atoms with van der Waals surface area (Å²) in [6, 6.07) is 6.90. The molecule has 1 saturated carbocycles. The number of nitrogens with one attached hydrogen (secondary N) is 2. The normalized spacial score (nSPS) is 25.4. The third-order valence-electron chi connectivity index (χ3n) is 5.22. The maximum atomic E-state index is 12.8. The van der Waals surface area contributed by atoms with E-state index in [9.17, 15) is 14.4 Å². The fourth-order valence-corrected chi connectivity index (χ4v) is 3.97. The zero-order valence-electron chi connectivity index (χ0n) is 14.4. The van der Waals surface area contributed by atoms with Crippen LogP contribution in [0, 0.1) is 0 Å². The summed E-state index contributed by atoms with van der Waals surface area (Å²) in [6.45, 7) is 0.929. The molecule has 26 heavy (non-hydrogen) atoms. The number of amides is 4. The topological polar surface area (TPSA) is 91.0 Å². The summed E-state index contributed by atoms with van der Waals surface area (Å²) in [7, 11) is 0. The molecule has 2 N–H and O–H groups in total. The van der Waals surface area contributed by atoms with Crippen LogP contribution in [-0.4, -0.2) is 54.7 Å². The number of cyclic esters (lactones) is 1. The highest BCUT2D eigenvalue weighted by molar-refractivity contribution is 5.95.